The van der Waals surface area contributed by atoms with Crippen LogP contribution in [-0.4, -0.2) is 23.6 Å². The third-order valence-corrected chi connectivity index (χ3v) is 3.76. The van der Waals surface area contributed by atoms with Crippen LogP contribution in [0.25, 0.3) is 0 Å². The summed E-state index contributed by atoms with van der Waals surface area (Å²) < 4.78 is 0. The van der Waals surface area contributed by atoms with Gasteiger partial charge in [-0.25, -0.2) is 0 Å². The van der Waals surface area contributed by atoms with Crippen LogP contribution in [-0.2, 0) is 0 Å². The fourth-order valence-corrected chi connectivity index (χ4v) is 2.36. The van der Waals surface area contributed by atoms with E-state index in [0.29, 0.717) is 10.7 Å². The number of nitro groups is 1. The highest BCUT2D eigenvalue weighted by Gasteiger charge is 2.30. The lowest BCUT2D eigenvalue weighted by Gasteiger charge is -2.25. The van der Waals surface area contributed by atoms with Crippen LogP contribution in [0.4, 0.5) is 11.4 Å². The van der Waals surface area contributed by atoms with Crippen molar-refractivity contribution in [1.29, 1.82) is 0 Å². The zero-order chi connectivity index (χ0) is 13.3. The van der Waals surface area contributed by atoms with Gasteiger partial charge in [0.05, 0.1) is 15.0 Å². The molecule has 0 saturated carbocycles. The summed E-state index contributed by atoms with van der Waals surface area (Å²) in [4.78, 5) is 10.5. The molecule has 2 rings (SSSR count). The maximum atomic E-state index is 11.0. The second-order valence-corrected chi connectivity index (χ2v) is 5.47. The summed E-state index contributed by atoms with van der Waals surface area (Å²) in [6, 6.07) is 2.78. The Balaban J connectivity index is 2.36. The fourth-order valence-electron chi connectivity index (χ4n) is 2.04. The van der Waals surface area contributed by atoms with Crippen molar-refractivity contribution in [3.05, 3.63) is 32.3 Å². The fraction of sp³-hybridized carbons (Fsp3) is 0.455. The second-order valence-electron chi connectivity index (χ2n) is 4.65. The summed E-state index contributed by atoms with van der Waals surface area (Å²) in [6.45, 7) is 3.66. The average Bonchev–Trinajstić information content (AvgIpc) is 2.69. The lowest BCUT2D eigenvalue weighted by Crippen LogP contribution is -2.37. The first kappa shape index (κ1) is 13.4. The maximum Gasteiger partial charge on any atom is 0.293 e. The Morgan fingerprint density at radius 3 is 2.67 bits per heavy atom. The lowest BCUT2D eigenvalue weighted by molar-refractivity contribution is -0.384. The van der Waals surface area contributed by atoms with Crippen LogP contribution in [0.5, 0.6) is 0 Å². The Bertz CT molecular complexity index is 487. The number of anilines is 1. The molecule has 1 saturated heterocycles. The Labute approximate surface area is 115 Å². The molecule has 0 amide bonds. The van der Waals surface area contributed by atoms with Gasteiger partial charge >= 0.3 is 0 Å². The van der Waals surface area contributed by atoms with Crippen LogP contribution in [0.15, 0.2) is 12.1 Å². The molecule has 1 aromatic rings. The van der Waals surface area contributed by atoms with Crippen molar-refractivity contribution in [2.24, 2.45) is 0 Å². The molecule has 98 valence electrons. The van der Waals surface area contributed by atoms with E-state index in [2.05, 4.69) is 10.6 Å². The van der Waals surface area contributed by atoms with Gasteiger partial charge in [0.2, 0.25) is 0 Å². The minimum atomic E-state index is -0.462. The largest absolute Gasteiger partial charge is 0.373 e. The number of hydrogen-bond acceptors (Lipinski definition) is 4. The van der Waals surface area contributed by atoms with Crippen molar-refractivity contribution in [3.63, 3.8) is 0 Å². The van der Waals surface area contributed by atoms with E-state index >= 15 is 0 Å². The molecule has 1 aliphatic heterocycles. The number of rotatable bonds is 3. The quantitative estimate of drug-likeness (QED) is 0.663. The summed E-state index contributed by atoms with van der Waals surface area (Å²) in [5.74, 6) is 0. The number of hydrogen-bond donors (Lipinski definition) is 2. The average molecular weight is 290 g/mol. The van der Waals surface area contributed by atoms with Gasteiger partial charge in [0.25, 0.3) is 5.69 Å². The van der Waals surface area contributed by atoms with Gasteiger partial charge in [-0.3, -0.25) is 10.1 Å². The van der Waals surface area contributed by atoms with E-state index in [4.69, 9.17) is 23.2 Å². The number of benzene rings is 1. The molecule has 1 aliphatic rings. The molecule has 0 radical (unpaired) electrons. The minimum Gasteiger partial charge on any atom is -0.373 e. The minimum absolute atomic E-state index is 0.0578. The highest BCUT2D eigenvalue weighted by Crippen LogP contribution is 2.36. The van der Waals surface area contributed by atoms with Crippen LogP contribution in [0.1, 0.15) is 13.3 Å². The molecule has 5 nitrogen and oxygen atoms in total. The van der Waals surface area contributed by atoms with Crippen LogP contribution >= 0.6 is 23.2 Å². The monoisotopic (exact) mass is 289 g/mol. The zero-order valence-electron chi connectivity index (χ0n) is 9.80. The topological polar surface area (TPSA) is 67.2 Å². The van der Waals surface area contributed by atoms with Crippen LogP contribution < -0.4 is 10.6 Å². The molecule has 1 fully saturated rings. The van der Waals surface area contributed by atoms with Gasteiger partial charge in [0.1, 0.15) is 5.69 Å². The van der Waals surface area contributed by atoms with Gasteiger partial charge < -0.3 is 10.6 Å². The Morgan fingerprint density at radius 1 is 1.44 bits per heavy atom. The maximum absolute atomic E-state index is 11.0. The van der Waals surface area contributed by atoms with Gasteiger partial charge in [0.15, 0.2) is 0 Å². The first-order chi connectivity index (χ1) is 8.41. The Morgan fingerprint density at radius 2 is 2.11 bits per heavy atom. The molecule has 1 heterocycles. The molecular formula is C11H13Cl2N3O2. The van der Waals surface area contributed by atoms with Crippen LogP contribution in [0.2, 0.25) is 10.0 Å². The van der Waals surface area contributed by atoms with Crippen molar-refractivity contribution in [2.45, 2.75) is 18.9 Å². The van der Waals surface area contributed by atoms with E-state index in [1.807, 2.05) is 6.92 Å². The Hall–Kier alpha value is -1.04. The van der Waals surface area contributed by atoms with Crippen molar-refractivity contribution < 1.29 is 4.92 Å². The molecule has 1 aromatic carbocycles. The third-order valence-electron chi connectivity index (χ3n) is 3.04. The second kappa shape index (κ2) is 4.91. The predicted octanol–water partition coefficient (Wildman–Crippen LogP) is 3.07. The van der Waals surface area contributed by atoms with E-state index < -0.39 is 4.92 Å². The summed E-state index contributed by atoms with van der Waals surface area (Å²) in [7, 11) is 0. The molecule has 0 aromatic heterocycles. The number of nitrogens with zero attached hydrogens (tertiary/aromatic N) is 1. The van der Waals surface area contributed by atoms with Crippen molar-refractivity contribution in [1.82, 2.24) is 5.32 Å². The Kier molecular flexibility index (Phi) is 3.66. The molecule has 7 heteroatoms. The molecule has 1 unspecified atom stereocenters. The van der Waals surface area contributed by atoms with E-state index in [0.717, 1.165) is 19.5 Å². The smallest absolute Gasteiger partial charge is 0.293 e. The van der Waals surface area contributed by atoms with Crippen molar-refractivity contribution in [3.8, 4) is 0 Å². The van der Waals surface area contributed by atoms with Crippen LogP contribution in [0, 0.1) is 10.1 Å². The van der Waals surface area contributed by atoms with Crippen molar-refractivity contribution >= 4 is 34.6 Å². The standard InChI is InChI=1S/C11H13Cl2N3O2/c1-11(2-3-14-6-11)15-9-4-7(12)8(13)5-10(9)16(17)18/h4-5,14-15H,2-3,6H2,1H3. The van der Waals surface area contributed by atoms with Gasteiger partial charge in [-0.05, 0) is 26.0 Å². The van der Waals surface area contributed by atoms with Crippen LogP contribution in [0.3, 0.4) is 0 Å². The molecular weight excluding hydrogens is 277 g/mol. The molecule has 0 spiro atoms. The highest BCUT2D eigenvalue weighted by molar-refractivity contribution is 6.42. The SMILES string of the molecule is CC1(Nc2cc(Cl)c(Cl)cc2[N+](=O)[O-])CCNC1. The number of nitrogens with one attached hydrogen (secondary N) is 2. The lowest BCUT2D eigenvalue weighted by atomic mass is 10.0. The van der Waals surface area contributed by atoms with E-state index in [-0.39, 0.29) is 16.2 Å². The molecule has 0 aliphatic carbocycles. The molecule has 1 atom stereocenters. The first-order valence-electron chi connectivity index (χ1n) is 5.54. The van der Waals surface area contributed by atoms with Gasteiger partial charge in [0, 0.05) is 18.2 Å². The molecule has 18 heavy (non-hydrogen) atoms. The van der Waals surface area contributed by atoms with E-state index in [1.54, 1.807) is 0 Å². The number of nitro benzene ring substituents is 1. The van der Waals surface area contributed by atoms with Gasteiger partial charge in [-0.2, -0.15) is 0 Å². The summed E-state index contributed by atoms with van der Waals surface area (Å²) in [6.07, 6.45) is 0.893. The summed E-state index contributed by atoms with van der Waals surface area (Å²) in [5, 5.41) is 17.9. The first-order valence-corrected chi connectivity index (χ1v) is 6.29. The van der Waals surface area contributed by atoms with Gasteiger partial charge in [-0.15, -0.1) is 0 Å². The number of halogens is 2. The predicted molar refractivity (Wildman–Crippen MR) is 72.6 cm³/mol. The normalized spacial score (nSPS) is 23.1. The van der Waals surface area contributed by atoms with Gasteiger partial charge in [-0.1, -0.05) is 23.2 Å². The highest BCUT2D eigenvalue weighted by atomic mass is 35.5. The van der Waals surface area contributed by atoms with E-state index in [9.17, 15) is 10.1 Å². The summed E-state index contributed by atoms with van der Waals surface area (Å²) in [5.41, 5.74) is 0.139. The molecule has 2 N–H and O–H groups in total. The molecule has 0 bridgehead atoms. The zero-order valence-corrected chi connectivity index (χ0v) is 11.3. The van der Waals surface area contributed by atoms with E-state index in [1.165, 1.54) is 12.1 Å². The summed E-state index contributed by atoms with van der Waals surface area (Å²) >= 11 is 11.7. The van der Waals surface area contributed by atoms with Crippen molar-refractivity contribution in [2.75, 3.05) is 18.4 Å². The third kappa shape index (κ3) is 2.68.